The van der Waals surface area contributed by atoms with Crippen LogP contribution in [0.4, 0.5) is 0 Å². The Morgan fingerprint density at radius 1 is 1.44 bits per heavy atom. The lowest BCUT2D eigenvalue weighted by Crippen LogP contribution is -2.39. The Kier molecular flexibility index (Phi) is 5.78. The molecule has 4 heteroatoms. The lowest BCUT2D eigenvalue weighted by Gasteiger charge is -2.17. The fourth-order valence-corrected chi connectivity index (χ4v) is 1.92. The predicted molar refractivity (Wildman–Crippen MR) is 67.9 cm³/mol. The Morgan fingerprint density at radius 3 is 2.69 bits per heavy atom. The van der Waals surface area contributed by atoms with E-state index in [4.69, 9.17) is 4.74 Å². The van der Waals surface area contributed by atoms with Crippen LogP contribution in [0, 0.1) is 0 Å². The molecule has 16 heavy (non-hydrogen) atoms. The number of nitrogens with one attached hydrogen (secondary N) is 1. The highest BCUT2D eigenvalue weighted by atomic mass is 32.2. The van der Waals surface area contributed by atoms with Crippen molar-refractivity contribution in [3.63, 3.8) is 0 Å². The molecule has 88 valence electrons. The van der Waals surface area contributed by atoms with E-state index in [1.165, 1.54) is 6.92 Å². The standard InChI is InChI=1S/C12H17NO2S/c1-10(14)13-11(9-16-2)8-15-12-6-4-3-5-7-12/h3-7,11H,8-9H2,1-2H3,(H,13,14). The van der Waals surface area contributed by atoms with Crippen molar-refractivity contribution in [1.29, 1.82) is 0 Å². The third kappa shape index (κ3) is 5.07. The quantitative estimate of drug-likeness (QED) is 0.824. The van der Waals surface area contributed by atoms with Gasteiger partial charge in [0.1, 0.15) is 12.4 Å². The molecule has 3 nitrogen and oxygen atoms in total. The first-order chi connectivity index (χ1) is 7.72. The first-order valence-electron chi connectivity index (χ1n) is 5.16. The zero-order chi connectivity index (χ0) is 11.8. The van der Waals surface area contributed by atoms with Crippen LogP contribution >= 0.6 is 11.8 Å². The maximum atomic E-state index is 11.0. The summed E-state index contributed by atoms with van der Waals surface area (Å²) in [5, 5.41) is 2.87. The van der Waals surface area contributed by atoms with Crippen LogP contribution in [-0.4, -0.2) is 30.6 Å². The fraction of sp³-hybridized carbons (Fsp3) is 0.417. The number of hydrogen-bond acceptors (Lipinski definition) is 3. The number of hydrogen-bond donors (Lipinski definition) is 1. The first kappa shape index (κ1) is 12.9. The molecular weight excluding hydrogens is 222 g/mol. The molecule has 1 unspecified atom stereocenters. The van der Waals surface area contributed by atoms with Gasteiger partial charge in [-0.2, -0.15) is 11.8 Å². The summed E-state index contributed by atoms with van der Waals surface area (Å²) in [4.78, 5) is 11.0. The van der Waals surface area contributed by atoms with Gasteiger partial charge in [0, 0.05) is 12.7 Å². The second kappa shape index (κ2) is 7.17. The SMILES string of the molecule is CSCC(COc1ccccc1)NC(C)=O. The summed E-state index contributed by atoms with van der Waals surface area (Å²) in [7, 11) is 0. The summed E-state index contributed by atoms with van der Waals surface area (Å²) in [6, 6.07) is 9.68. The smallest absolute Gasteiger partial charge is 0.217 e. The van der Waals surface area contributed by atoms with Crippen LogP contribution in [0.3, 0.4) is 0 Å². The number of rotatable bonds is 6. The van der Waals surface area contributed by atoms with Crippen LogP contribution < -0.4 is 10.1 Å². The molecule has 1 rings (SSSR count). The monoisotopic (exact) mass is 239 g/mol. The molecule has 1 aromatic carbocycles. The number of benzene rings is 1. The minimum absolute atomic E-state index is 0.0179. The number of ether oxygens (including phenoxy) is 1. The van der Waals surface area contributed by atoms with Crippen LogP contribution in [0.15, 0.2) is 30.3 Å². The summed E-state index contributed by atoms with van der Waals surface area (Å²) >= 11 is 1.69. The minimum atomic E-state index is -0.0179. The van der Waals surface area contributed by atoms with Gasteiger partial charge in [-0.25, -0.2) is 0 Å². The lowest BCUT2D eigenvalue weighted by atomic mass is 10.3. The van der Waals surface area contributed by atoms with Crippen LogP contribution in [0.1, 0.15) is 6.92 Å². The van der Waals surface area contributed by atoms with Gasteiger partial charge in [0.25, 0.3) is 0 Å². The number of amides is 1. The Balaban J connectivity index is 2.40. The highest BCUT2D eigenvalue weighted by Crippen LogP contribution is 2.09. The molecular formula is C12H17NO2S. The molecule has 0 saturated heterocycles. The second-order valence-electron chi connectivity index (χ2n) is 3.48. The van der Waals surface area contributed by atoms with Crippen molar-refractivity contribution >= 4 is 17.7 Å². The average Bonchev–Trinajstić information content (AvgIpc) is 2.27. The van der Waals surface area contributed by atoms with Gasteiger partial charge in [0.05, 0.1) is 6.04 Å². The molecule has 1 amide bonds. The molecule has 0 aliphatic rings. The van der Waals surface area contributed by atoms with Crippen molar-refractivity contribution in [2.75, 3.05) is 18.6 Å². The van der Waals surface area contributed by atoms with E-state index < -0.39 is 0 Å². The zero-order valence-electron chi connectivity index (χ0n) is 9.60. The van der Waals surface area contributed by atoms with Gasteiger partial charge in [0.2, 0.25) is 5.91 Å². The molecule has 0 spiro atoms. The largest absolute Gasteiger partial charge is 0.491 e. The summed E-state index contributed by atoms with van der Waals surface area (Å²) in [6.45, 7) is 2.03. The molecule has 0 saturated carbocycles. The molecule has 0 radical (unpaired) electrons. The highest BCUT2D eigenvalue weighted by Gasteiger charge is 2.09. The number of thioether (sulfide) groups is 1. The van der Waals surface area contributed by atoms with E-state index in [2.05, 4.69) is 5.32 Å². The Bertz CT molecular complexity index is 316. The molecule has 0 fully saturated rings. The fourth-order valence-electron chi connectivity index (χ4n) is 1.33. The maximum absolute atomic E-state index is 11.0. The molecule has 1 aromatic rings. The number of carbonyl (C=O) groups excluding carboxylic acids is 1. The lowest BCUT2D eigenvalue weighted by molar-refractivity contribution is -0.119. The molecule has 1 atom stereocenters. The van der Waals surface area contributed by atoms with Crippen molar-refractivity contribution in [2.45, 2.75) is 13.0 Å². The van der Waals surface area contributed by atoms with E-state index in [0.29, 0.717) is 6.61 Å². The summed E-state index contributed by atoms with van der Waals surface area (Å²) < 4.78 is 5.59. The average molecular weight is 239 g/mol. The molecule has 0 bridgehead atoms. The molecule has 0 heterocycles. The van der Waals surface area contributed by atoms with Crippen LogP contribution in [0.25, 0.3) is 0 Å². The highest BCUT2D eigenvalue weighted by molar-refractivity contribution is 7.98. The molecule has 1 N–H and O–H groups in total. The van der Waals surface area contributed by atoms with E-state index in [-0.39, 0.29) is 11.9 Å². The van der Waals surface area contributed by atoms with E-state index in [1.807, 2.05) is 36.6 Å². The van der Waals surface area contributed by atoms with E-state index >= 15 is 0 Å². The Morgan fingerprint density at radius 2 is 2.12 bits per heavy atom. The van der Waals surface area contributed by atoms with Crippen molar-refractivity contribution in [2.24, 2.45) is 0 Å². The van der Waals surface area contributed by atoms with Gasteiger partial charge in [-0.3, -0.25) is 4.79 Å². The van der Waals surface area contributed by atoms with Crippen molar-refractivity contribution in [1.82, 2.24) is 5.32 Å². The van der Waals surface area contributed by atoms with Crippen LogP contribution in [0.2, 0.25) is 0 Å². The molecule has 0 aliphatic carbocycles. The third-order valence-electron chi connectivity index (χ3n) is 1.97. The van der Waals surface area contributed by atoms with Crippen molar-refractivity contribution in [3.8, 4) is 5.75 Å². The van der Waals surface area contributed by atoms with Gasteiger partial charge in [-0.05, 0) is 18.4 Å². The topological polar surface area (TPSA) is 38.3 Å². The van der Waals surface area contributed by atoms with Crippen LogP contribution in [-0.2, 0) is 4.79 Å². The van der Waals surface area contributed by atoms with Gasteiger partial charge in [-0.15, -0.1) is 0 Å². The normalized spacial score (nSPS) is 11.9. The first-order valence-corrected chi connectivity index (χ1v) is 6.55. The van der Waals surface area contributed by atoms with Gasteiger partial charge in [-0.1, -0.05) is 18.2 Å². The van der Waals surface area contributed by atoms with Crippen molar-refractivity contribution in [3.05, 3.63) is 30.3 Å². The summed E-state index contributed by atoms with van der Waals surface area (Å²) in [5.74, 6) is 1.67. The van der Waals surface area contributed by atoms with Crippen molar-refractivity contribution < 1.29 is 9.53 Å². The van der Waals surface area contributed by atoms with Gasteiger partial charge in [0.15, 0.2) is 0 Å². The van der Waals surface area contributed by atoms with E-state index in [0.717, 1.165) is 11.5 Å². The number of carbonyl (C=O) groups is 1. The minimum Gasteiger partial charge on any atom is -0.491 e. The maximum Gasteiger partial charge on any atom is 0.217 e. The predicted octanol–water partition coefficient (Wildman–Crippen LogP) is 1.93. The van der Waals surface area contributed by atoms with E-state index in [1.54, 1.807) is 11.8 Å². The summed E-state index contributed by atoms with van der Waals surface area (Å²) in [5.41, 5.74) is 0. The van der Waals surface area contributed by atoms with Gasteiger partial charge < -0.3 is 10.1 Å². The Labute approximate surface area is 101 Å². The van der Waals surface area contributed by atoms with Gasteiger partial charge >= 0.3 is 0 Å². The second-order valence-corrected chi connectivity index (χ2v) is 4.39. The molecule has 0 aliphatic heterocycles. The third-order valence-corrected chi connectivity index (χ3v) is 2.71. The Hall–Kier alpha value is -1.16. The van der Waals surface area contributed by atoms with Crippen LogP contribution in [0.5, 0.6) is 5.75 Å². The summed E-state index contributed by atoms with van der Waals surface area (Å²) in [6.07, 6.45) is 2.01. The number of para-hydroxylation sites is 1. The molecule has 0 aromatic heterocycles. The zero-order valence-corrected chi connectivity index (χ0v) is 10.4. The van der Waals surface area contributed by atoms with E-state index in [9.17, 15) is 4.79 Å².